The molecule has 0 fully saturated rings. The molecule has 0 aliphatic rings. The lowest BCUT2D eigenvalue weighted by Crippen LogP contribution is -2.02. The Morgan fingerprint density at radius 1 is 1.45 bits per heavy atom. The van der Waals surface area contributed by atoms with Crippen molar-refractivity contribution in [3.8, 4) is 0 Å². The van der Waals surface area contributed by atoms with Crippen LogP contribution in [0.5, 0.6) is 0 Å². The topological polar surface area (TPSA) is 39.2 Å². The fraction of sp³-hybridized carbons (Fsp3) is 0.556. The van der Waals surface area contributed by atoms with Crippen LogP contribution < -0.4 is 5.73 Å². The van der Waals surface area contributed by atoms with Crippen molar-refractivity contribution in [3.63, 3.8) is 0 Å². The van der Waals surface area contributed by atoms with Gasteiger partial charge in [0.2, 0.25) is 0 Å². The Morgan fingerprint density at radius 3 is 2.36 bits per heavy atom. The highest BCUT2D eigenvalue weighted by Crippen LogP contribution is 2.20. The molecule has 2 nitrogen and oxygen atoms in total. The highest BCUT2D eigenvalue weighted by Gasteiger charge is 2.07. The predicted molar refractivity (Wildman–Crippen MR) is 47.5 cm³/mol. The fourth-order valence-corrected chi connectivity index (χ4v) is 0.910. The third-order valence-electron chi connectivity index (χ3n) is 1.76. The lowest BCUT2D eigenvalue weighted by molar-refractivity contribution is 0.478. The molecule has 64 valence electrons. The minimum Gasteiger partial charge on any atom is -0.467 e. The van der Waals surface area contributed by atoms with E-state index in [4.69, 9.17) is 10.2 Å². The molecule has 0 radical (unpaired) electrons. The van der Waals surface area contributed by atoms with Crippen LogP contribution in [-0.2, 0) is 0 Å². The van der Waals surface area contributed by atoms with E-state index in [1.807, 2.05) is 13.0 Å². The van der Waals surface area contributed by atoms with Crippen LogP contribution in [0.2, 0.25) is 0 Å². The Hall–Kier alpha value is -0.760. The summed E-state index contributed by atoms with van der Waals surface area (Å²) in [5.74, 6) is 1.39. The van der Waals surface area contributed by atoms with Crippen molar-refractivity contribution >= 4 is 0 Å². The molecule has 0 aromatic carbocycles. The molecule has 0 saturated carbocycles. The second-order valence-electron chi connectivity index (χ2n) is 3.23. The van der Waals surface area contributed by atoms with E-state index in [0.717, 1.165) is 5.76 Å². The van der Waals surface area contributed by atoms with Crippen molar-refractivity contribution in [2.75, 3.05) is 0 Å². The molecule has 1 rings (SSSR count). The molecule has 0 amide bonds. The van der Waals surface area contributed by atoms with Gasteiger partial charge < -0.3 is 10.2 Å². The molecular weight excluding hydrogens is 138 g/mol. The van der Waals surface area contributed by atoms with Crippen LogP contribution in [-0.4, -0.2) is 0 Å². The molecule has 0 unspecified atom stereocenters. The van der Waals surface area contributed by atoms with Crippen molar-refractivity contribution in [2.45, 2.75) is 32.7 Å². The van der Waals surface area contributed by atoms with Crippen molar-refractivity contribution in [3.05, 3.63) is 23.7 Å². The molecule has 0 bridgehead atoms. The summed E-state index contributed by atoms with van der Waals surface area (Å²) in [6.45, 7) is 6.19. The third-order valence-corrected chi connectivity index (χ3v) is 1.76. The Labute approximate surface area is 68.9 Å². The van der Waals surface area contributed by atoms with E-state index in [1.54, 1.807) is 6.26 Å². The monoisotopic (exact) mass is 155 g/mol. The zero-order valence-corrected chi connectivity index (χ0v) is 7.29. The maximum atomic E-state index is 5.63. The summed E-state index contributed by atoms with van der Waals surface area (Å²) in [6.07, 6.45) is 1.78. The van der Waals surface area contributed by atoms with Gasteiger partial charge in [0.25, 0.3) is 0 Å². The van der Waals surface area contributed by atoms with Gasteiger partial charge in [-0.2, -0.15) is 0 Å². The van der Waals surface area contributed by atoms with Crippen LogP contribution in [0.15, 0.2) is 16.7 Å². The van der Waals surface area contributed by atoms with Gasteiger partial charge >= 0.3 is 0 Å². The summed E-state index contributed by atoms with van der Waals surface area (Å²) < 4.78 is 5.26. The first-order chi connectivity index (χ1) is 5.11. The number of nitrogens with two attached hydrogens (primary N) is 1. The number of hydrogen-bond donors (Lipinski definition) is 1. The molecule has 11 heavy (non-hydrogen) atoms. The molecule has 1 atom stereocenters. The largest absolute Gasteiger partial charge is 0.467 e. The first-order valence-corrected chi connectivity index (χ1v) is 3.95. The smallest absolute Gasteiger partial charge is 0.120 e. The molecule has 1 aromatic rings. The Balaban J connectivity index is 0.00000121. The maximum Gasteiger partial charge on any atom is 0.120 e. The highest BCUT2D eigenvalue weighted by atomic mass is 16.3. The zero-order chi connectivity index (χ0) is 8.43. The summed E-state index contributed by atoms with van der Waals surface area (Å²) in [5, 5.41) is 0. The van der Waals surface area contributed by atoms with Crippen LogP contribution >= 0.6 is 0 Å². The van der Waals surface area contributed by atoms with Gasteiger partial charge in [0, 0.05) is 1.43 Å². The van der Waals surface area contributed by atoms with Gasteiger partial charge in [-0.1, -0.05) is 13.8 Å². The molecule has 2 N–H and O–H groups in total. The Morgan fingerprint density at radius 2 is 2.09 bits per heavy atom. The molecule has 1 heterocycles. The Kier molecular flexibility index (Phi) is 2.35. The second kappa shape index (κ2) is 3.09. The molecule has 0 aliphatic carbocycles. The average Bonchev–Trinajstić information content (AvgIpc) is 2.33. The first kappa shape index (κ1) is 8.34. The highest BCUT2D eigenvalue weighted by molar-refractivity contribution is 5.17. The lowest BCUT2D eigenvalue weighted by Gasteiger charge is -1.98. The van der Waals surface area contributed by atoms with Gasteiger partial charge in [-0.15, -0.1) is 0 Å². The molecular formula is C9H17NO. The van der Waals surface area contributed by atoms with E-state index in [2.05, 4.69) is 13.8 Å². The Bertz CT molecular complexity index is 208. The second-order valence-corrected chi connectivity index (χ2v) is 3.23. The maximum absolute atomic E-state index is 5.63. The SMILES string of the molecule is CC(C)c1coc([C@@H](C)N)c1.[HH]. The summed E-state index contributed by atoms with van der Waals surface area (Å²) >= 11 is 0. The average molecular weight is 155 g/mol. The van der Waals surface area contributed by atoms with Crippen molar-refractivity contribution < 1.29 is 5.84 Å². The summed E-state index contributed by atoms with van der Waals surface area (Å²) in [5.41, 5.74) is 6.85. The fourth-order valence-electron chi connectivity index (χ4n) is 0.910. The molecule has 0 aliphatic heterocycles. The molecule has 0 saturated heterocycles. The summed E-state index contributed by atoms with van der Waals surface area (Å²) in [4.78, 5) is 0. The number of furan rings is 1. The number of rotatable bonds is 2. The van der Waals surface area contributed by atoms with E-state index < -0.39 is 0 Å². The summed E-state index contributed by atoms with van der Waals surface area (Å²) in [7, 11) is 0. The van der Waals surface area contributed by atoms with Gasteiger partial charge in [-0.3, -0.25) is 0 Å². The van der Waals surface area contributed by atoms with Crippen molar-refractivity contribution in [1.82, 2.24) is 0 Å². The predicted octanol–water partition coefficient (Wildman–Crippen LogP) is 2.67. The van der Waals surface area contributed by atoms with E-state index >= 15 is 0 Å². The third kappa shape index (κ3) is 1.84. The zero-order valence-electron chi connectivity index (χ0n) is 7.29. The van der Waals surface area contributed by atoms with Gasteiger partial charge in [0.05, 0.1) is 12.3 Å². The molecule has 0 spiro atoms. The van der Waals surface area contributed by atoms with Gasteiger partial charge in [0.1, 0.15) is 5.76 Å². The minimum absolute atomic E-state index is 0. The lowest BCUT2D eigenvalue weighted by atomic mass is 10.1. The normalized spacial score (nSPS) is 13.9. The van der Waals surface area contributed by atoms with E-state index in [-0.39, 0.29) is 7.47 Å². The van der Waals surface area contributed by atoms with E-state index in [9.17, 15) is 0 Å². The van der Waals surface area contributed by atoms with Crippen LogP contribution in [0.1, 0.15) is 45.5 Å². The van der Waals surface area contributed by atoms with E-state index in [1.165, 1.54) is 5.56 Å². The van der Waals surface area contributed by atoms with Crippen molar-refractivity contribution in [2.24, 2.45) is 5.73 Å². The standard InChI is InChI=1S/C9H15NO.H2/c1-6(2)8-4-9(7(3)10)11-5-8;/h4-7H,10H2,1-3H3;1H/t7-;/m1./s1. The van der Waals surface area contributed by atoms with Gasteiger partial charge in [0.15, 0.2) is 0 Å². The van der Waals surface area contributed by atoms with Crippen molar-refractivity contribution in [1.29, 1.82) is 0 Å². The van der Waals surface area contributed by atoms with Crippen LogP contribution in [0.3, 0.4) is 0 Å². The van der Waals surface area contributed by atoms with Crippen LogP contribution in [0, 0.1) is 0 Å². The summed E-state index contributed by atoms with van der Waals surface area (Å²) in [6, 6.07) is 2.03. The molecule has 1 aromatic heterocycles. The molecule has 2 heteroatoms. The quantitative estimate of drug-likeness (QED) is 0.713. The van der Waals surface area contributed by atoms with Crippen LogP contribution in [0.4, 0.5) is 0 Å². The van der Waals surface area contributed by atoms with Gasteiger partial charge in [-0.05, 0) is 24.5 Å². The number of hydrogen-bond acceptors (Lipinski definition) is 2. The van der Waals surface area contributed by atoms with Gasteiger partial charge in [-0.25, -0.2) is 0 Å². The first-order valence-electron chi connectivity index (χ1n) is 3.95. The minimum atomic E-state index is 0. The van der Waals surface area contributed by atoms with Crippen LogP contribution in [0.25, 0.3) is 0 Å². The van der Waals surface area contributed by atoms with E-state index in [0.29, 0.717) is 5.92 Å².